The van der Waals surface area contributed by atoms with E-state index >= 15 is 0 Å². The van der Waals surface area contributed by atoms with Crippen molar-refractivity contribution in [2.24, 2.45) is 0 Å². The quantitative estimate of drug-likeness (QED) is 0.688. The highest BCUT2D eigenvalue weighted by Crippen LogP contribution is 2.23. The van der Waals surface area contributed by atoms with Crippen LogP contribution in [0.4, 0.5) is 0 Å². The van der Waals surface area contributed by atoms with Gasteiger partial charge in [0.15, 0.2) is 0 Å². The molecule has 0 fully saturated rings. The van der Waals surface area contributed by atoms with Crippen LogP contribution in [0.25, 0.3) is 6.08 Å². The molecule has 0 aliphatic rings. The minimum absolute atomic E-state index is 0.703. The zero-order valence-corrected chi connectivity index (χ0v) is 12.9. The van der Waals surface area contributed by atoms with E-state index in [0.717, 1.165) is 6.42 Å². The Hall–Kier alpha value is -0.903. The van der Waals surface area contributed by atoms with Crippen LogP contribution in [0.5, 0.6) is 0 Å². The first-order valence-corrected chi connectivity index (χ1v) is 9.02. The van der Waals surface area contributed by atoms with Crippen molar-refractivity contribution < 1.29 is 8.85 Å². The maximum absolute atomic E-state index is 5.94. The van der Waals surface area contributed by atoms with E-state index in [-0.39, 0.29) is 0 Å². The summed E-state index contributed by atoms with van der Waals surface area (Å²) in [6, 6.07) is 10.4. The topological polar surface area (TPSA) is 18.5 Å². The van der Waals surface area contributed by atoms with E-state index in [0.29, 0.717) is 13.2 Å². The second-order valence-corrected chi connectivity index (χ2v) is 7.36. The lowest BCUT2D eigenvalue weighted by molar-refractivity contribution is 0.197. The number of rotatable bonds is 7. The van der Waals surface area contributed by atoms with Gasteiger partial charge < -0.3 is 8.85 Å². The molecule has 0 radical (unpaired) electrons. The Balaban J connectivity index is 3.02. The molecule has 18 heavy (non-hydrogen) atoms. The van der Waals surface area contributed by atoms with E-state index in [1.807, 2.05) is 19.9 Å². The van der Waals surface area contributed by atoms with Gasteiger partial charge in [-0.3, -0.25) is 0 Å². The SMILES string of the molecule is CCO[Si](C)(OCC)/C(=C/c1ccccc1)CC. The molecule has 0 saturated heterocycles. The molecule has 0 aliphatic carbocycles. The monoisotopic (exact) mass is 264 g/mol. The van der Waals surface area contributed by atoms with Crippen molar-refractivity contribution in [3.05, 3.63) is 41.1 Å². The summed E-state index contributed by atoms with van der Waals surface area (Å²) >= 11 is 0. The molecular weight excluding hydrogens is 240 g/mol. The first-order chi connectivity index (χ1) is 8.66. The second-order valence-electron chi connectivity index (χ2n) is 4.25. The van der Waals surface area contributed by atoms with Gasteiger partial charge in [0.1, 0.15) is 0 Å². The van der Waals surface area contributed by atoms with E-state index in [4.69, 9.17) is 8.85 Å². The number of benzene rings is 1. The van der Waals surface area contributed by atoms with Crippen LogP contribution in [0.1, 0.15) is 32.8 Å². The van der Waals surface area contributed by atoms with E-state index in [1.54, 1.807) is 0 Å². The van der Waals surface area contributed by atoms with Gasteiger partial charge in [-0.05, 0) is 37.6 Å². The molecule has 0 spiro atoms. The van der Waals surface area contributed by atoms with Crippen molar-refractivity contribution in [3.8, 4) is 0 Å². The van der Waals surface area contributed by atoms with Gasteiger partial charge in [-0.2, -0.15) is 0 Å². The van der Waals surface area contributed by atoms with E-state index in [9.17, 15) is 0 Å². The van der Waals surface area contributed by atoms with Crippen molar-refractivity contribution >= 4 is 14.6 Å². The Bertz CT molecular complexity index is 367. The summed E-state index contributed by atoms with van der Waals surface area (Å²) < 4.78 is 11.9. The first kappa shape index (κ1) is 15.2. The Morgan fingerprint density at radius 1 is 1.06 bits per heavy atom. The van der Waals surface area contributed by atoms with Crippen molar-refractivity contribution in [1.82, 2.24) is 0 Å². The van der Waals surface area contributed by atoms with Crippen LogP contribution < -0.4 is 0 Å². The molecule has 0 aliphatic heterocycles. The smallest absolute Gasteiger partial charge is 0.365 e. The molecule has 0 bridgehead atoms. The van der Waals surface area contributed by atoms with Crippen molar-refractivity contribution in [3.63, 3.8) is 0 Å². The van der Waals surface area contributed by atoms with Gasteiger partial charge in [0, 0.05) is 13.2 Å². The zero-order chi connectivity index (χ0) is 13.4. The standard InChI is InChI=1S/C15H24O2Si/c1-5-15(13-14-11-9-8-10-12-14)18(4,16-6-2)17-7-3/h8-13H,5-7H2,1-4H3/b15-13+. The van der Waals surface area contributed by atoms with Crippen molar-refractivity contribution in [1.29, 1.82) is 0 Å². The third kappa shape index (κ3) is 4.09. The van der Waals surface area contributed by atoms with Crippen molar-refractivity contribution in [2.45, 2.75) is 33.7 Å². The lowest BCUT2D eigenvalue weighted by Crippen LogP contribution is -2.41. The van der Waals surface area contributed by atoms with Crippen LogP contribution in [-0.2, 0) is 8.85 Å². The molecule has 2 nitrogen and oxygen atoms in total. The second kappa shape index (κ2) is 7.51. The van der Waals surface area contributed by atoms with Crippen LogP contribution >= 0.6 is 0 Å². The Morgan fingerprint density at radius 2 is 1.61 bits per heavy atom. The lowest BCUT2D eigenvalue weighted by atomic mass is 10.2. The Kier molecular flexibility index (Phi) is 6.33. The molecule has 0 atom stereocenters. The summed E-state index contributed by atoms with van der Waals surface area (Å²) in [5.41, 5.74) is 1.22. The van der Waals surface area contributed by atoms with Crippen LogP contribution in [0.2, 0.25) is 6.55 Å². The minimum atomic E-state index is -2.20. The average molecular weight is 264 g/mol. The maximum Gasteiger partial charge on any atom is 0.365 e. The normalized spacial score (nSPS) is 12.8. The van der Waals surface area contributed by atoms with Gasteiger partial charge in [0.05, 0.1) is 0 Å². The maximum atomic E-state index is 5.94. The molecule has 100 valence electrons. The summed E-state index contributed by atoms with van der Waals surface area (Å²) in [5.74, 6) is 0. The number of hydrogen-bond donors (Lipinski definition) is 0. The molecular formula is C15H24O2Si. The third-order valence-corrected chi connectivity index (χ3v) is 6.29. The molecule has 0 N–H and O–H groups in total. The summed E-state index contributed by atoms with van der Waals surface area (Å²) in [6.07, 6.45) is 3.19. The predicted octanol–water partition coefficient (Wildman–Crippen LogP) is 4.16. The molecule has 0 aromatic heterocycles. The zero-order valence-electron chi connectivity index (χ0n) is 11.9. The van der Waals surface area contributed by atoms with Gasteiger partial charge >= 0.3 is 8.56 Å². The molecule has 1 rings (SSSR count). The van der Waals surface area contributed by atoms with E-state index in [2.05, 4.69) is 43.8 Å². The molecule has 0 heterocycles. The molecule has 3 heteroatoms. The Morgan fingerprint density at radius 3 is 2.06 bits per heavy atom. The largest absolute Gasteiger partial charge is 0.392 e. The van der Waals surface area contributed by atoms with E-state index < -0.39 is 8.56 Å². The fourth-order valence-electron chi connectivity index (χ4n) is 2.08. The molecule has 0 amide bonds. The molecule has 1 aromatic carbocycles. The summed E-state index contributed by atoms with van der Waals surface area (Å²) in [4.78, 5) is 0. The van der Waals surface area contributed by atoms with Gasteiger partial charge in [-0.1, -0.05) is 43.3 Å². The molecule has 0 unspecified atom stereocenters. The highest BCUT2D eigenvalue weighted by Gasteiger charge is 2.34. The summed E-state index contributed by atoms with van der Waals surface area (Å²) in [7, 11) is -2.20. The van der Waals surface area contributed by atoms with Gasteiger partial charge in [-0.15, -0.1) is 0 Å². The Labute approximate surface area is 112 Å². The van der Waals surface area contributed by atoms with Crippen molar-refractivity contribution in [2.75, 3.05) is 13.2 Å². The van der Waals surface area contributed by atoms with Crippen LogP contribution in [0.15, 0.2) is 35.5 Å². The summed E-state index contributed by atoms with van der Waals surface area (Å²) in [5, 5.41) is 1.30. The fraction of sp³-hybridized carbons (Fsp3) is 0.467. The third-order valence-electron chi connectivity index (χ3n) is 2.94. The van der Waals surface area contributed by atoms with E-state index in [1.165, 1.54) is 10.8 Å². The minimum Gasteiger partial charge on any atom is -0.392 e. The van der Waals surface area contributed by atoms with Crippen LogP contribution in [0.3, 0.4) is 0 Å². The lowest BCUT2D eigenvalue weighted by Gasteiger charge is -2.28. The number of allylic oxidation sites excluding steroid dienone is 1. The summed E-state index contributed by atoms with van der Waals surface area (Å²) in [6.45, 7) is 9.76. The highest BCUT2D eigenvalue weighted by atomic mass is 28.4. The highest BCUT2D eigenvalue weighted by molar-refractivity contribution is 6.74. The predicted molar refractivity (Wildman–Crippen MR) is 79.6 cm³/mol. The average Bonchev–Trinajstić information content (AvgIpc) is 2.37. The van der Waals surface area contributed by atoms with Gasteiger partial charge in [0.2, 0.25) is 0 Å². The number of hydrogen-bond acceptors (Lipinski definition) is 2. The fourth-order valence-corrected chi connectivity index (χ4v) is 4.71. The molecule has 1 aromatic rings. The van der Waals surface area contributed by atoms with Gasteiger partial charge in [-0.25, -0.2) is 0 Å². The first-order valence-electron chi connectivity index (χ1n) is 6.70. The molecule has 0 saturated carbocycles. The van der Waals surface area contributed by atoms with Crippen LogP contribution in [-0.4, -0.2) is 21.8 Å². The van der Waals surface area contributed by atoms with Crippen LogP contribution in [0, 0.1) is 0 Å². The van der Waals surface area contributed by atoms with Gasteiger partial charge in [0.25, 0.3) is 0 Å².